The fourth-order valence-corrected chi connectivity index (χ4v) is 3.05. The average Bonchev–Trinajstić information content (AvgIpc) is 2.31. The van der Waals surface area contributed by atoms with E-state index in [9.17, 15) is 8.42 Å². The van der Waals surface area contributed by atoms with E-state index in [0.717, 1.165) is 10.0 Å². The summed E-state index contributed by atoms with van der Waals surface area (Å²) in [5, 5.41) is -0.319. The van der Waals surface area contributed by atoms with Gasteiger partial charge in [-0.15, -0.1) is 0 Å². The molecule has 18 heavy (non-hydrogen) atoms. The minimum absolute atomic E-state index is 0.103. The standard InChI is InChI=1S/C13H20BrNO2S/c1-10(2)18(16,17)8-7-12(9-15)11-3-5-13(14)6-4-11/h3-6,10,12H,7-9,15H2,1-2H3. The molecule has 0 fully saturated rings. The van der Waals surface area contributed by atoms with Gasteiger partial charge in [0.05, 0.1) is 11.0 Å². The van der Waals surface area contributed by atoms with E-state index in [0.29, 0.717) is 13.0 Å². The van der Waals surface area contributed by atoms with Gasteiger partial charge in [-0.3, -0.25) is 0 Å². The van der Waals surface area contributed by atoms with Crippen molar-refractivity contribution in [2.24, 2.45) is 5.73 Å². The molecule has 1 aromatic rings. The van der Waals surface area contributed by atoms with E-state index >= 15 is 0 Å². The van der Waals surface area contributed by atoms with Gasteiger partial charge >= 0.3 is 0 Å². The highest BCUT2D eigenvalue weighted by atomic mass is 79.9. The van der Waals surface area contributed by atoms with E-state index in [4.69, 9.17) is 5.73 Å². The molecule has 0 radical (unpaired) electrons. The first kappa shape index (κ1) is 15.7. The SMILES string of the molecule is CC(C)S(=O)(=O)CCC(CN)c1ccc(Br)cc1. The molecular formula is C13H20BrNO2S. The van der Waals surface area contributed by atoms with Crippen LogP contribution in [0.15, 0.2) is 28.7 Å². The number of halogens is 1. The maximum absolute atomic E-state index is 11.8. The Morgan fingerprint density at radius 3 is 2.22 bits per heavy atom. The van der Waals surface area contributed by atoms with Crippen LogP contribution in [0.25, 0.3) is 0 Å². The molecule has 3 nitrogen and oxygen atoms in total. The van der Waals surface area contributed by atoms with E-state index in [-0.39, 0.29) is 16.9 Å². The van der Waals surface area contributed by atoms with Crippen LogP contribution in [-0.4, -0.2) is 26.0 Å². The van der Waals surface area contributed by atoms with Crippen molar-refractivity contribution in [3.8, 4) is 0 Å². The van der Waals surface area contributed by atoms with Gasteiger partial charge in [0.25, 0.3) is 0 Å². The second kappa shape index (κ2) is 6.68. The lowest BCUT2D eigenvalue weighted by molar-refractivity contribution is 0.576. The largest absolute Gasteiger partial charge is 0.330 e. The van der Waals surface area contributed by atoms with E-state index in [1.165, 1.54) is 0 Å². The topological polar surface area (TPSA) is 60.2 Å². The van der Waals surface area contributed by atoms with E-state index < -0.39 is 9.84 Å². The maximum atomic E-state index is 11.8. The molecule has 1 rings (SSSR count). The molecule has 0 heterocycles. The van der Waals surface area contributed by atoms with Crippen LogP contribution in [0.4, 0.5) is 0 Å². The molecule has 0 aromatic heterocycles. The molecular weight excluding hydrogens is 314 g/mol. The Hall–Kier alpha value is -0.390. The summed E-state index contributed by atoms with van der Waals surface area (Å²) in [6, 6.07) is 7.89. The predicted molar refractivity (Wildman–Crippen MR) is 79.5 cm³/mol. The molecule has 102 valence electrons. The highest BCUT2D eigenvalue weighted by Gasteiger charge is 2.19. The van der Waals surface area contributed by atoms with E-state index in [1.54, 1.807) is 13.8 Å². The normalized spacial score (nSPS) is 13.8. The molecule has 5 heteroatoms. The van der Waals surface area contributed by atoms with Crippen LogP contribution in [0.5, 0.6) is 0 Å². The molecule has 0 aliphatic rings. The molecule has 1 aromatic carbocycles. The highest BCUT2D eigenvalue weighted by molar-refractivity contribution is 9.10. The second-order valence-electron chi connectivity index (χ2n) is 4.69. The minimum Gasteiger partial charge on any atom is -0.330 e. The summed E-state index contributed by atoms with van der Waals surface area (Å²) >= 11 is 3.38. The van der Waals surface area contributed by atoms with Crippen LogP contribution in [0, 0.1) is 0 Å². The van der Waals surface area contributed by atoms with Crippen molar-refractivity contribution in [2.75, 3.05) is 12.3 Å². The van der Waals surface area contributed by atoms with Crippen LogP contribution in [-0.2, 0) is 9.84 Å². The zero-order valence-corrected chi connectivity index (χ0v) is 13.2. The van der Waals surface area contributed by atoms with Gasteiger partial charge < -0.3 is 5.73 Å². The number of sulfone groups is 1. The first-order valence-electron chi connectivity index (χ1n) is 6.04. The third kappa shape index (κ3) is 4.37. The predicted octanol–water partition coefficient (Wildman–Crippen LogP) is 2.70. The third-order valence-corrected chi connectivity index (χ3v) is 5.86. The van der Waals surface area contributed by atoms with Gasteiger partial charge in [0.2, 0.25) is 0 Å². The molecule has 1 unspecified atom stereocenters. The van der Waals surface area contributed by atoms with E-state index in [1.807, 2.05) is 24.3 Å². The maximum Gasteiger partial charge on any atom is 0.152 e. The zero-order chi connectivity index (χ0) is 13.8. The Morgan fingerprint density at radius 2 is 1.78 bits per heavy atom. The summed E-state index contributed by atoms with van der Waals surface area (Å²) in [5.74, 6) is 0.300. The van der Waals surface area contributed by atoms with Crippen LogP contribution in [0.1, 0.15) is 31.7 Å². The quantitative estimate of drug-likeness (QED) is 0.870. The van der Waals surface area contributed by atoms with Crippen molar-refractivity contribution in [3.63, 3.8) is 0 Å². The van der Waals surface area contributed by atoms with Crippen molar-refractivity contribution in [3.05, 3.63) is 34.3 Å². The highest BCUT2D eigenvalue weighted by Crippen LogP contribution is 2.22. The van der Waals surface area contributed by atoms with Gasteiger partial charge in [-0.2, -0.15) is 0 Å². The fraction of sp³-hybridized carbons (Fsp3) is 0.538. The zero-order valence-electron chi connectivity index (χ0n) is 10.8. The summed E-state index contributed by atoms with van der Waals surface area (Å²) in [6.07, 6.45) is 0.582. The minimum atomic E-state index is -2.98. The van der Waals surface area contributed by atoms with Gasteiger partial charge in [-0.1, -0.05) is 28.1 Å². The van der Waals surface area contributed by atoms with Gasteiger partial charge in [-0.25, -0.2) is 8.42 Å². The summed E-state index contributed by atoms with van der Waals surface area (Å²) in [5.41, 5.74) is 6.84. The van der Waals surface area contributed by atoms with Gasteiger partial charge in [0, 0.05) is 4.47 Å². The lowest BCUT2D eigenvalue weighted by Crippen LogP contribution is -2.22. The molecule has 0 spiro atoms. The van der Waals surface area contributed by atoms with Crippen LogP contribution in [0.3, 0.4) is 0 Å². The first-order valence-corrected chi connectivity index (χ1v) is 8.54. The molecule has 2 N–H and O–H groups in total. The molecule has 0 aliphatic heterocycles. The fourth-order valence-electron chi connectivity index (χ4n) is 1.70. The Morgan fingerprint density at radius 1 is 1.22 bits per heavy atom. The second-order valence-corrected chi connectivity index (χ2v) is 8.28. The number of rotatable bonds is 6. The first-order chi connectivity index (χ1) is 8.36. The van der Waals surface area contributed by atoms with Gasteiger partial charge in [0.1, 0.15) is 0 Å². The lowest BCUT2D eigenvalue weighted by Gasteiger charge is -2.16. The molecule has 0 aliphatic carbocycles. The number of nitrogens with two attached hydrogens (primary N) is 1. The molecule has 0 saturated carbocycles. The Kier molecular flexibility index (Phi) is 5.82. The van der Waals surface area contributed by atoms with E-state index in [2.05, 4.69) is 15.9 Å². The molecule has 0 saturated heterocycles. The smallest absolute Gasteiger partial charge is 0.152 e. The van der Waals surface area contributed by atoms with Gasteiger partial charge in [0.15, 0.2) is 9.84 Å². The number of hydrogen-bond acceptors (Lipinski definition) is 3. The molecule has 0 amide bonds. The van der Waals surface area contributed by atoms with Crippen molar-refractivity contribution < 1.29 is 8.42 Å². The monoisotopic (exact) mass is 333 g/mol. The van der Waals surface area contributed by atoms with Crippen molar-refractivity contribution in [1.82, 2.24) is 0 Å². The Labute approximate surface area is 118 Å². The molecule has 0 bridgehead atoms. The number of hydrogen-bond donors (Lipinski definition) is 1. The number of benzene rings is 1. The lowest BCUT2D eigenvalue weighted by atomic mass is 9.97. The summed E-state index contributed by atoms with van der Waals surface area (Å²) in [7, 11) is -2.98. The van der Waals surface area contributed by atoms with Crippen LogP contribution < -0.4 is 5.73 Å². The van der Waals surface area contributed by atoms with Crippen molar-refractivity contribution >= 4 is 25.8 Å². The Balaban J connectivity index is 2.72. The van der Waals surface area contributed by atoms with Crippen molar-refractivity contribution in [1.29, 1.82) is 0 Å². The average molecular weight is 334 g/mol. The summed E-state index contributed by atoms with van der Waals surface area (Å²) in [6.45, 7) is 3.90. The summed E-state index contributed by atoms with van der Waals surface area (Å²) in [4.78, 5) is 0. The molecule has 1 atom stereocenters. The van der Waals surface area contributed by atoms with Crippen molar-refractivity contribution in [2.45, 2.75) is 31.4 Å². The Bertz CT molecular complexity index is 468. The third-order valence-electron chi connectivity index (χ3n) is 3.09. The van der Waals surface area contributed by atoms with Crippen LogP contribution >= 0.6 is 15.9 Å². The summed E-state index contributed by atoms with van der Waals surface area (Å²) < 4.78 is 24.6. The van der Waals surface area contributed by atoms with Gasteiger partial charge in [-0.05, 0) is 50.4 Å². The van der Waals surface area contributed by atoms with Crippen LogP contribution in [0.2, 0.25) is 0 Å².